The molecule has 0 fully saturated rings. The smallest absolute Gasteiger partial charge is 0.177 e. The molecule has 1 aliphatic rings. The van der Waals surface area contributed by atoms with E-state index in [2.05, 4.69) is 15.0 Å². The zero-order valence-corrected chi connectivity index (χ0v) is 14.9. The lowest BCUT2D eigenvalue weighted by Crippen LogP contribution is -2.06. The summed E-state index contributed by atoms with van der Waals surface area (Å²) in [5, 5.41) is 19.9. The number of aromatic nitrogens is 1. The molecule has 1 aliphatic heterocycles. The summed E-state index contributed by atoms with van der Waals surface area (Å²) in [4.78, 5) is 12.1. The normalized spacial score (nSPS) is 14.4. The third kappa shape index (κ3) is 3.38. The van der Waals surface area contributed by atoms with E-state index in [1.807, 2.05) is 85.1 Å². The Kier molecular flexibility index (Phi) is 4.65. The second kappa shape index (κ2) is 7.57. The molecule has 0 amide bonds. The lowest BCUT2D eigenvalue weighted by Gasteiger charge is -2.04. The number of rotatable bonds is 3. The Balaban J connectivity index is 1.75. The Hall–Kier alpha value is -4.22. The van der Waals surface area contributed by atoms with Crippen molar-refractivity contribution in [3.05, 3.63) is 89.4 Å². The predicted octanol–water partition coefficient (Wildman–Crippen LogP) is 4.77. The number of H-pyrrole nitrogens is 1. The number of allylic oxidation sites excluding steroid dienone is 3. The van der Waals surface area contributed by atoms with Gasteiger partial charge < -0.3 is 4.98 Å². The average Bonchev–Trinajstić information content (AvgIpc) is 3.07. The molecule has 0 saturated heterocycles. The molecule has 5 nitrogen and oxygen atoms in total. The van der Waals surface area contributed by atoms with Crippen LogP contribution in [0.2, 0.25) is 0 Å². The summed E-state index contributed by atoms with van der Waals surface area (Å²) in [5.41, 5.74) is 4.45. The van der Waals surface area contributed by atoms with Crippen LogP contribution in [0.5, 0.6) is 0 Å². The Bertz CT molecular complexity index is 1240. The molecule has 2 aromatic carbocycles. The van der Waals surface area contributed by atoms with Gasteiger partial charge in [-0.2, -0.15) is 10.5 Å². The van der Waals surface area contributed by atoms with E-state index in [-0.39, 0.29) is 11.4 Å². The summed E-state index contributed by atoms with van der Waals surface area (Å²) < 4.78 is 0. The van der Waals surface area contributed by atoms with Gasteiger partial charge in [0.2, 0.25) is 0 Å². The highest BCUT2D eigenvalue weighted by atomic mass is 14.9. The van der Waals surface area contributed by atoms with Gasteiger partial charge in [-0.15, -0.1) is 0 Å². The van der Waals surface area contributed by atoms with Crippen LogP contribution in [-0.2, 0) is 0 Å². The molecule has 0 spiro atoms. The van der Waals surface area contributed by atoms with Crippen LogP contribution in [0.4, 0.5) is 0 Å². The van der Waals surface area contributed by atoms with Gasteiger partial charge in [0.15, 0.2) is 11.4 Å². The first kappa shape index (κ1) is 17.2. The first-order valence-corrected chi connectivity index (χ1v) is 8.77. The van der Waals surface area contributed by atoms with Crippen molar-refractivity contribution in [3.8, 4) is 12.1 Å². The minimum atomic E-state index is 0.0343. The molecular weight excluding hydrogens is 346 g/mol. The molecule has 0 aliphatic carbocycles. The van der Waals surface area contributed by atoms with E-state index < -0.39 is 0 Å². The molecule has 2 heterocycles. The average molecular weight is 361 g/mol. The van der Waals surface area contributed by atoms with Gasteiger partial charge in [0.05, 0.1) is 5.71 Å². The van der Waals surface area contributed by atoms with E-state index in [0.717, 1.165) is 22.0 Å². The van der Waals surface area contributed by atoms with Crippen molar-refractivity contribution in [2.24, 2.45) is 9.98 Å². The van der Waals surface area contributed by atoms with Gasteiger partial charge in [0.1, 0.15) is 12.1 Å². The highest BCUT2D eigenvalue weighted by Crippen LogP contribution is 2.21. The first-order valence-electron chi connectivity index (χ1n) is 8.77. The first-order chi connectivity index (χ1) is 13.8. The lowest BCUT2D eigenvalue weighted by molar-refractivity contribution is 1.27. The maximum Gasteiger partial charge on any atom is 0.177 e. The largest absolute Gasteiger partial charge is 0.361 e. The minimum Gasteiger partial charge on any atom is -0.361 e. The van der Waals surface area contributed by atoms with E-state index in [1.165, 1.54) is 0 Å². The van der Waals surface area contributed by atoms with E-state index in [4.69, 9.17) is 0 Å². The van der Waals surface area contributed by atoms with Gasteiger partial charge in [0.25, 0.3) is 0 Å². The summed E-state index contributed by atoms with van der Waals surface area (Å²) in [6.07, 6.45) is 6.21. The van der Waals surface area contributed by atoms with Crippen molar-refractivity contribution < 1.29 is 0 Å². The number of para-hydroxylation sites is 1. The van der Waals surface area contributed by atoms with Gasteiger partial charge in [-0.3, -0.25) is 0 Å². The molecule has 4 rings (SSSR count). The van der Waals surface area contributed by atoms with Crippen LogP contribution in [0.25, 0.3) is 17.0 Å². The van der Waals surface area contributed by atoms with Crippen LogP contribution in [0.15, 0.2) is 88.2 Å². The van der Waals surface area contributed by atoms with Crippen molar-refractivity contribution in [1.82, 2.24) is 4.98 Å². The molecular formula is C23H15N5. The van der Waals surface area contributed by atoms with Crippen LogP contribution >= 0.6 is 0 Å². The summed E-state index contributed by atoms with van der Waals surface area (Å²) in [6.45, 7) is 0. The fourth-order valence-corrected chi connectivity index (χ4v) is 3.10. The fraction of sp³-hybridized carbons (Fsp3) is 0.0435. The van der Waals surface area contributed by atoms with Crippen molar-refractivity contribution >= 4 is 28.4 Å². The number of aliphatic imine (C=N–C) groups is 2. The molecule has 3 aromatic rings. The van der Waals surface area contributed by atoms with Crippen molar-refractivity contribution in [1.29, 1.82) is 10.5 Å². The molecule has 5 heteroatoms. The zero-order chi connectivity index (χ0) is 19.3. The molecule has 0 unspecified atom stereocenters. The van der Waals surface area contributed by atoms with Crippen LogP contribution in [0.1, 0.15) is 17.5 Å². The third-order valence-corrected chi connectivity index (χ3v) is 4.47. The van der Waals surface area contributed by atoms with Gasteiger partial charge >= 0.3 is 0 Å². The van der Waals surface area contributed by atoms with Gasteiger partial charge in [-0.05, 0) is 23.3 Å². The molecule has 0 saturated carbocycles. The van der Waals surface area contributed by atoms with E-state index >= 15 is 0 Å². The van der Waals surface area contributed by atoms with Crippen molar-refractivity contribution in [3.63, 3.8) is 0 Å². The maximum atomic E-state index is 9.42. The fourth-order valence-electron chi connectivity index (χ4n) is 3.10. The Morgan fingerprint density at radius 2 is 1.57 bits per heavy atom. The van der Waals surface area contributed by atoms with Crippen molar-refractivity contribution in [2.45, 2.75) is 6.42 Å². The Morgan fingerprint density at radius 3 is 2.36 bits per heavy atom. The van der Waals surface area contributed by atoms with Crippen molar-refractivity contribution in [2.75, 3.05) is 0 Å². The summed E-state index contributed by atoms with van der Waals surface area (Å²) in [7, 11) is 0. The standard InChI is InChI=1S/C23H15N5/c24-13-22-23(14-25)28-21(16-6-2-1-3-7-16)12-18(27-22)11-10-17-15-26-20-9-5-4-8-19(17)20/h1-11,15,26H,12H2. The van der Waals surface area contributed by atoms with E-state index in [1.54, 1.807) is 0 Å². The van der Waals surface area contributed by atoms with Gasteiger partial charge in [0, 0.05) is 29.2 Å². The second-order valence-corrected chi connectivity index (χ2v) is 6.25. The zero-order valence-electron chi connectivity index (χ0n) is 14.9. The highest BCUT2D eigenvalue weighted by molar-refractivity contribution is 6.18. The predicted molar refractivity (Wildman–Crippen MR) is 111 cm³/mol. The molecule has 132 valence electrons. The number of hydrogen-bond donors (Lipinski definition) is 1. The van der Waals surface area contributed by atoms with Crippen LogP contribution < -0.4 is 0 Å². The maximum absolute atomic E-state index is 9.42. The molecule has 1 N–H and O–H groups in total. The number of nitriles is 2. The Morgan fingerprint density at radius 1 is 0.857 bits per heavy atom. The Labute approximate surface area is 162 Å². The van der Waals surface area contributed by atoms with Crippen LogP contribution in [0.3, 0.4) is 0 Å². The third-order valence-electron chi connectivity index (χ3n) is 4.47. The lowest BCUT2D eigenvalue weighted by atomic mass is 10.0. The molecule has 28 heavy (non-hydrogen) atoms. The molecule has 0 bridgehead atoms. The summed E-state index contributed by atoms with van der Waals surface area (Å²) in [5.74, 6) is 0. The van der Waals surface area contributed by atoms with Crippen LogP contribution in [0, 0.1) is 22.7 Å². The van der Waals surface area contributed by atoms with Gasteiger partial charge in [-0.1, -0.05) is 54.6 Å². The molecule has 1 aromatic heterocycles. The SMILES string of the molecule is N#CC1=C(C#N)N=C(c2ccccc2)CC(C=Cc2c[nH]c3ccccc23)=N1. The van der Waals surface area contributed by atoms with Crippen LogP contribution in [-0.4, -0.2) is 16.4 Å². The topological polar surface area (TPSA) is 88.1 Å². The second-order valence-electron chi connectivity index (χ2n) is 6.25. The number of benzene rings is 2. The number of aromatic amines is 1. The minimum absolute atomic E-state index is 0.0343. The molecule has 0 atom stereocenters. The highest BCUT2D eigenvalue weighted by Gasteiger charge is 2.16. The quantitative estimate of drug-likeness (QED) is 0.728. The monoisotopic (exact) mass is 361 g/mol. The number of fused-ring (bicyclic) bond motifs is 1. The van der Waals surface area contributed by atoms with E-state index in [9.17, 15) is 10.5 Å². The molecule has 0 radical (unpaired) electrons. The number of nitrogens with zero attached hydrogens (tertiary/aromatic N) is 4. The number of hydrogen-bond acceptors (Lipinski definition) is 4. The number of nitrogens with one attached hydrogen (secondary N) is 1. The summed E-state index contributed by atoms with van der Waals surface area (Å²) in [6, 6.07) is 21.7. The summed E-state index contributed by atoms with van der Waals surface area (Å²) >= 11 is 0. The van der Waals surface area contributed by atoms with E-state index in [0.29, 0.717) is 17.8 Å². The van der Waals surface area contributed by atoms with Gasteiger partial charge in [-0.25, -0.2) is 9.98 Å².